The van der Waals surface area contributed by atoms with Crippen LogP contribution in [0.25, 0.3) is 0 Å². The first-order valence-electron chi connectivity index (χ1n) is 6.78. The summed E-state index contributed by atoms with van der Waals surface area (Å²) in [7, 11) is 0. The lowest BCUT2D eigenvalue weighted by Crippen LogP contribution is -2.47. The summed E-state index contributed by atoms with van der Waals surface area (Å²) in [5, 5.41) is 2.73. The quantitative estimate of drug-likeness (QED) is 0.782. The molecule has 1 unspecified atom stereocenters. The average molecular weight is 278 g/mol. The maximum Gasteiger partial charge on any atom is 0.338 e. The van der Waals surface area contributed by atoms with Crippen LogP contribution >= 0.6 is 0 Å². The lowest BCUT2D eigenvalue weighted by molar-refractivity contribution is -0.120. The fraction of sp³-hybridized carbons (Fsp3) is 0.467. The van der Waals surface area contributed by atoms with Crippen LogP contribution in [-0.2, 0) is 9.53 Å². The van der Waals surface area contributed by atoms with Crippen molar-refractivity contribution >= 4 is 17.6 Å². The number of ether oxygens (including phenoxy) is 1. The number of nitrogens with one attached hydrogen (secondary N) is 1. The van der Waals surface area contributed by atoms with Crippen LogP contribution in [0.15, 0.2) is 24.3 Å². The second-order valence-electron chi connectivity index (χ2n) is 4.94. The Labute approximate surface area is 119 Å². The minimum Gasteiger partial charge on any atom is -0.462 e. The molecule has 1 rings (SSSR count). The third kappa shape index (κ3) is 4.35. The van der Waals surface area contributed by atoms with Crippen LogP contribution in [0.3, 0.4) is 0 Å². The fourth-order valence-corrected chi connectivity index (χ4v) is 1.40. The number of hydrogen-bond donors (Lipinski definition) is 2. The van der Waals surface area contributed by atoms with Gasteiger partial charge in [-0.1, -0.05) is 13.8 Å². The van der Waals surface area contributed by atoms with Gasteiger partial charge in [0.2, 0.25) is 5.91 Å². The van der Waals surface area contributed by atoms with Crippen molar-refractivity contribution in [3.8, 4) is 0 Å². The maximum absolute atomic E-state index is 11.9. The number of anilines is 1. The van der Waals surface area contributed by atoms with Gasteiger partial charge < -0.3 is 15.8 Å². The molecule has 110 valence electrons. The standard InChI is InChI=1S/C15H22N2O3/c1-4-10-20-13(18)11-6-8-12(9-7-11)17-14(19)15(3,16)5-2/h6-9H,4-5,10,16H2,1-3H3,(H,17,19). The van der Waals surface area contributed by atoms with E-state index in [0.29, 0.717) is 24.3 Å². The van der Waals surface area contributed by atoms with Gasteiger partial charge in [-0.25, -0.2) is 4.79 Å². The second-order valence-corrected chi connectivity index (χ2v) is 4.94. The molecule has 5 nitrogen and oxygen atoms in total. The minimum atomic E-state index is -0.904. The van der Waals surface area contributed by atoms with Gasteiger partial charge in [0.1, 0.15) is 0 Å². The Morgan fingerprint density at radius 2 is 1.85 bits per heavy atom. The summed E-state index contributed by atoms with van der Waals surface area (Å²) < 4.78 is 5.02. The second kappa shape index (κ2) is 7.05. The van der Waals surface area contributed by atoms with Gasteiger partial charge in [-0.05, 0) is 44.0 Å². The van der Waals surface area contributed by atoms with Crippen molar-refractivity contribution in [2.75, 3.05) is 11.9 Å². The topological polar surface area (TPSA) is 81.4 Å². The molecule has 0 heterocycles. The predicted molar refractivity (Wildman–Crippen MR) is 78.5 cm³/mol. The first-order valence-corrected chi connectivity index (χ1v) is 6.78. The van der Waals surface area contributed by atoms with E-state index in [1.807, 2.05) is 13.8 Å². The van der Waals surface area contributed by atoms with E-state index in [4.69, 9.17) is 10.5 Å². The van der Waals surface area contributed by atoms with Gasteiger partial charge in [0.25, 0.3) is 0 Å². The van der Waals surface area contributed by atoms with Gasteiger partial charge in [0, 0.05) is 5.69 Å². The highest BCUT2D eigenvalue weighted by Gasteiger charge is 2.25. The molecule has 0 bridgehead atoms. The number of hydrogen-bond acceptors (Lipinski definition) is 4. The summed E-state index contributed by atoms with van der Waals surface area (Å²) in [5.74, 6) is -0.608. The molecule has 0 aliphatic carbocycles. The van der Waals surface area contributed by atoms with E-state index in [0.717, 1.165) is 6.42 Å². The van der Waals surface area contributed by atoms with E-state index < -0.39 is 5.54 Å². The molecule has 1 atom stereocenters. The molecule has 1 aromatic rings. The Hall–Kier alpha value is -1.88. The molecule has 3 N–H and O–H groups in total. The van der Waals surface area contributed by atoms with Crippen LogP contribution in [0.5, 0.6) is 0 Å². The van der Waals surface area contributed by atoms with E-state index in [9.17, 15) is 9.59 Å². The van der Waals surface area contributed by atoms with Crippen molar-refractivity contribution in [3.05, 3.63) is 29.8 Å². The normalized spacial score (nSPS) is 13.4. The number of nitrogens with two attached hydrogens (primary N) is 1. The van der Waals surface area contributed by atoms with Gasteiger partial charge in [0.05, 0.1) is 17.7 Å². The third-order valence-corrected chi connectivity index (χ3v) is 3.07. The van der Waals surface area contributed by atoms with E-state index in [-0.39, 0.29) is 11.9 Å². The Morgan fingerprint density at radius 1 is 1.25 bits per heavy atom. The van der Waals surface area contributed by atoms with Crippen molar-refractivity contribution in [2.45, 2.75) is 39.2 Å². The molecule has 0 saturated heterocycles. The van der Waals surface area contributed by atoms with Crippen LogP contribution in [0.1, 0.15) is 44.0 Å². The number of esters is 1. The zero-order valence-electron chi connectivity index (χ0n) is 12.2. The lowest BCUT2D eigenvalue weighted by Gasteiger charge is -2.21. The lowest BCUT2D eigenvalue weighted by atomic mass is 9.99. The molecule has 20 heavy (non-hydrogen) atoms. The SMILES string of the molecule is CCCOC(=O)c1ccc(NC(=O)C(C)(N)CC)cc1. The first-order chi connectivity index (χ1) is 9.40. The van der Waals surface area contributed by atoms with Gasteiger partial charge in [-0.2, -0.15) is 0 Å². The maximum atomic E-state index is 11.9. The smallest absolute Gasteiger partial charge is 0.338 e. The Morgan fingerprint density at radius 3 is 2.35 bits per heavy atom. The molecule has 1 amide bonds. The van der Waals surface area contributed by atoms with Gasteiger partial charge in [-0.3, -0.25) is 4.79 Å². The summed E-state index contributed by atoms with van der Waals surface area (Å²) in [6.07, 6.45) is 1.33. The van der Waals surface area contributed by atoms with Crippen LogP contribution in [0.2, 0.25) is 0 Å². The number of carbonyl (C=O) groups is 2. The zero-order valence-corrected chi connectivity index (χ0v) is 12.2. The van der Waals surface area contributed by atoms with Crippen LogP contribution in [0, 0.1) is 0 Å². The van der Waals surface area contributed by atoms with Gasteiger partial charge >= 0.3 is 5.97 Å². The number of benzene rings is 1. The summed E-state index contributed by atoms with van der Waals surface area (Å²) >= 11 is 0. The first kappa shape index (κ1) is 16.2. The van der Waals surface area contributed by atoms with Crippen molar-refractivity contribution in [2.24, 2.45) is 5.73 Å². The summed E-state index contributed by atoms with van der Waals surface area (Å²) in [4.78, 5) is 23.5. The third-order valence-electron chi connectivity index (χ3n) is 3.07. The molecule has 0 saturated carbocycles. The van der Waals surface area contributed by atoms with E-state index in [1.54, 1.807) is 31.2 Å². The molecule has 5 heteroatoms. The predicted octanol–water partition coefficient (Wildman–Crippen LogP) is 2.32. The Kier molecular flexibility index (Phi) is 5.70. The van der Waals surface area contributed by atoms with Crippen LogP contribution in [-0.4, -0.2) is 24.0 Å². The number of carbonyl (C=O) groups excluding carboxylic acids is 2. The molecule has 1 aromatic carbocycles. The molecular weight excluding hydrogens is 256 g/mol. The summed E-state index contributed by atoms with van der Waals surface area (Å²) in [6.45, 7) is 5.87. The average Bonchev–Trinajstić information content (AvgIpc) is 2.45. The molecule has 0 fully saturated rings. The molecular formula is C15H22N2O3. The van der Waals surface area contributed by atoms with Crippen molar-refractivity contribution < 1.29 is 14.3 Å². The number of rotatable bonds is 6. The van der Waals surface area contributed by atoms with Crippen molar-refractivity contribution in [1.82, 2.24) is 0 Å². The van der Waals surface area contributed by atoms with Crippen molar-refractivity contribution in [1.29, 1.82) is 0 Å². The van der Waals surface area contributed by atoms with Gasteiger partial charge in [-0.15, -0.1) is 0 Å². The fourth-order valence-electron chi connectivity index (χ4n) is 1.40. The van der Waals surface area contributed by atoms with E-state index in [2.05, 4.69) is 5.32 Å². The van der Waals surface area contributed by atoms with E-state index >= 15 is 0 Å². The molecule has 0 spiro atoms. The molecule has 0 aliphatic heterocycles. The van der Waals surface area contributed by atoms with Gasteiger partial charge in [0.15, 0.2) is 0 Å². The molecule has 0 radical (unpaired) electrons. The van der Waals surface area contributed by atoms with Crippen LogP contribution in [0.4, 0.5) is 5.69 Å². The minimum absolute atomic E-state index is 0.249. The Balaban J connectivity index is 2.68. The monoisotopic (exact) mass is 278 g/mol. The molecule has 0 aliphatic rings. The largest absolute Gasteiger partial charge is 0.462 e. The number of amides is 1. The highest BCUT2D eigenvalue weighted by atomic mass is 16.5. The zero-order chi connectivity index (χ0) is 15.2. The summed E-state index contributed by atoms with van der Waals surface area (Å²) in [6, 6.07) is 6.55. The molecule has 0 aromatic heterocycles. The Bertz CT molecular complexity index is 467. The van der Waals surface area contributed by atoms with E-state index in [1.165, 1.54) is 0 Å². The highest BCUT2D eigenvalue weighted by molar-refractivity contribution is 5.98. The van der Waals surface area contributed by atoms with Crippen LogP contribution < -0.4 is 11.1 Å². The highest BCUT2D eigenvalue weighted by Crippen LogP contribution is 2.14. The van der Waals surface area contributed by atoms with Crippen molar-refractivity contribution in [3.63, 3.8) is 0 Å². The summed E-state index contributed by atoms with van der Waals surface area (Å²) in [5.41, 5.74) is 6.01.